The van der Waals surface area contributed by atoms with Crippen LogP contribution < -0.4 is 10.1 Å². The van der Waals surface area contributed by atoms with Crippen molar-refractivity contribution >= 4 is 16.7 Å². The normalized spacial score (nSPS) is 10.4. The van der Waals surface area contributed by atoms with E-state index in [0.29, 0.717) is 24.5 Å². The van der Waals surface area contributed by atoms with E-state index in [1.165, 1.54) is 0 Å². The monoisotopic (exact) mass is 259 g/mol. The van der Waals surface area contributed by atoms with Crippen molar-refractivity contribution in [2.45, 2.75) is 0 Å². The van der Waals surface area contributed by atoms with Crippen LogP contribution >= 0.6 is 0 Å². The minimum Gasteiger partial charge on any atom is -0.496 e. The molecule has 0 heterocycles. The highest BCUT2D eigenvalue weighted by molar-refractivity contribution is 6.01. The first-order chi connectivity index (χ1) is 9.26. The average Bonchev–Trinajstić information content (AvgIpc) is 2.46. The number of amides is 1. The maximum Gasteiger partial charge on any atom is 0.255 e. The Morgan fingerprint density at radius 2 is 1.84 bits per heavy atom. The topological polar surface area (TPSA) is 47.6 Å². The molecule has 1 N–H and O–H groups in total. The SMILES string of the molecule is COCCNC(=O)c1cc2ccccc2cc1OC. The van der Waals surface area contributed by atoms with Gasteiger partial charge >= 0.3 is 0 Å². The maximum atomic E-state index is 12.1. The van der Waals surface area contributed by atoms with Crippen molar-refractivity contribution in [2.24, 2.45) is 0 Å². The van der Waals surface area contributed by atoms with Crippen LogP contribution in [0.1, 0.15) is 10.4 Å². The Morgan fingerprint density at radius 3 is 2.47 bits per heavy atom. The number of hydrogen-bond acceptors (Lipinski definition) is 3. The first-order valence-electron chi connectivity index (χ1n) is 6.10. The van der Waals surface area contributed by atoms with Crippen LogP contribution in [-0.2, 0) is 4.74 Å². The zero-order chi connectivity index (χ0) is 13.7. The summed E-state index contributed by atoms with van der Waals surface area (Å²) in [5, 5.41) is 4.86. The van der Waals surface area contributed by atoms with Crippen molar-refractivity contribution in [1.82, 2.24) is 5.32 Å². The summed E-state index contributed by atoms with van der Waals surface area (Å²) < 4.78 is 10.2. The third-order valence-corrected chi connectivity index (χ3v) is 2.90. The van der Waals surface area contributed by atoms with E-state index >= 15 is 0 Å². The lowest BCUT2D eigenvalue weighted by Gasteiger charge is -2.10. The first kappa shape index (κ1) is 13.4. The maximum absolute atomic E-state index is 12.1. The molecule has 2 aromatic rings. The van der Waals surface area contributed by atoms with Crippen LogP contribution in [-0.4, -0.2) is 33.3 Å². The van der Waals surface area contributed by atoms with E-state index in [1.807, 2.05) is 36.4 Å². The quantitative estimate of drug-likeness (QED) is 0.838. The van der Waals surface area contributed by atoms with Crippen LogP contribution in [0.25, 0.3) is 10.8 Å². The average molecular weight is 259 g/mol. The molecule has 0 aromatic heterocycles. The highest BCUT2D eigenvalue weighted by atomic mass is 16.5. The number of carbonyl (C=O) groups is 1. The van der Waals surface area contributed by atoms with Gasteiger partial charge in [-0.05, 0) is 22.9 Å². The highest BCUT2D eigenvalue weighted by Gasteiger charge is 2.12. The van der Waals surface area contributed by atoms with E-state index in [4.69, 9.17) is 9.47 Å². The number of benzene rings is 2. The molecule has 0 unspecified atom stereocenters. The molecule has 0 radical (unpaired) electrons. The zero-order valence-electron chi connectivity index (χ0n) is 11.1. The summed E-state index contributed by atoms with van der Waals surface area (Å²) in [6.07, 6.45) is 0. The fourth-order valence-electron chi connectivity index (χ4n) is 1.93. The molecule has 4 nitrogen and oxygen atoms in total. The number of methoxy groups -OCH3 is 2. The molecule has 19 heavy (non-hydrogen) atoms. The van der Waals surface area contributed by atoms with Crippen molar-refractivity contribution in [3.63, 3.8) is 0 Å². The third kappa shape index (κ3) is 3.03. The molecule has 0 spiro atoms. The fraction of sp³-hybridized carbons (Fsp3) is 0.267. The Bertz CT molecular complexity index is 581. The largest absolute Gasteiger partial charge is 0.496 e. The molecule has 0 saturated carbocycles. The summed E-state index contributed by atoms with van der Waals surface area (Å²) in [7, 11) is 3.17. The first-order valence-corrected chi connectivity index (χ1v) is 6.10. The van der Waals surface area contributed by atoms with E-state index in [-0.39, 0.29) is 5.91 Å². The molecule has 0 aliphatic heterocycles. The number of hydrogen-bond donors (Lipinski definition) is 1. The van der Waals surface area contributed by atoms with Gasteiger partial charge in [-0.2, -0.15) is 0 Å². The predicted octanol–water partition coefficient (Wildman–Crippen LogP) is 2.22. The standard InChI is InChI=1S/C15H17NO3/c1-18-8-7-16-15(17)13-9-11-5-3-4-6-12(11)10-14(13)19-2/h3-6,9-10H,7-8H2,1-2H3,(H,16,17). The molecule has 0 saturated heterocycles. The summed E-state index contributed by atoms with van der Waals surface area (Å²) in [4.78, 5) is 12.1. The summed E-state index contributed by atoms with van der Waals surface area (Å²) >= 11 is 0. The van der Waals surface area contributed by atoms with Gasteiger partial charge in [-0.25, -0.2) is 0 Å². The van der Waals surface area contributed by atoms with E-state index in [9.17, 15) is 4.79 Å². The second-order valence-corrected chi connectivity index (χ2v) is 4.15. The van der Waals surface area contributed by atoms with Crippen LogP contribution in [0.5, 0.6) is 5.75 Å². The number of nitrogens with one attached hydrogen (secondary N) is 1. The summed E-state index contributed by atoms with van der Waals surface area (Å²) in [6.45, 7) is 0.965. The summed E-state index contributed by atoms with van der Waals surface area (Å²) in [5.74, 6) is 0.424. The Kier molecular flexibility index (Phi) is 4.36. The second kappa shape index (κ2) is 6.20. The fourth-order valence-corrected chi connectivity index (χ4v) is 1.93. The van der Waals surface area contributed by atoms with Crippen molar-refractivity contribution in [3.8, 4) is 5.75 Å². The van der Waals surface area contributed by atoms with Crippen molar-refractivity contribution < 1.29 is 14.3 Å². The van der Waals surface area contributed by atoms with Gasteiger partial charge in [0.15, 0.2) is 0 Å². The number of ether oxygens (including phenoxy) is 2. The van der Waals surface area contributed by atoms with Crippen LogP contribution in [0, 0.1) is 0 Å². The number of carbonyl (C=O) groups excluding carboxylic acids is 1. The Hall–Kier alpha value is -2.07. The van der Waals surface area contributed by atoms with E-state index < -0.39 is 0 Å². The molecular weight excluding hydrogens is 242 g/mol. The van der Waals surface area contributed by atoms with E-state index in [1.54, 1.807) is 14.2 Å². The van der Waals surface area contributed by atoms with Crippen molar-refractivity contribution in [1.29, 1.82) is 0 Å². The molecule has 0 aliphatic rings. The minimum absolute atomic E-state index is 0.153. The molecule has 0 atom stereocenters. The summed E-state index contributed by atoms with van der Waals surface area (Å²) in [6, 6.07) is 11.6. The molecule has 0 fully saturated rings. The number of fused-ring (bicyclic) bond motifs is 1. The molecule has 1 amide bonds. The molecule has 100 valence electrons. The van der Waals surface area contributed by atoms with Crippen LogP contribution in [0.3, 0.4) is 0 Å². The Labute approximate surface area is 112 Å². The lowest BCUT2D eigenvalue weighted by Crippen LogP contribution is -2.27. The van der Waals surface area contributed by atoms with Gasteiger partial charge in [-0.15, -0.1) is 0 Å². The predicted molar refractivity (Wildman–Crippen MR) is 74.7 cm³/mol. The van der Waals surface area contributed by atoms with Crippen LogP contribution in [0.15, 0.2) is 36.4 Å². The molecule has 0 bridgehead atoms. The van der Waals surface area contributed by atoms with Gasteiger partial charge in [-0.3, -0.25) is 4.79 Å². The van der Waals surface area contributed by atoms with Crippen LogP contribution in [0.4, 0.5) is 0 Å². The lowest BCUT2D eigenvalue weighted by molar-refractivity contribution is 0.0934. The van der Waals surface area contributed by atoms with E-state index in [0.717, 1.165) is 10.8 Å². The molecule has 4 heteroatoms. The van der Waals surface area contributed by atoms with Gasteiger partial charge in [0.05, 0.1) is 19.3 Å². The van der Waals surface area contributed by atoms with Crippen LogP contribution in [0.2, 0.25) is 0 Å². The highest BCUT2D eigenvalue weighted by Crippen LogP contribution is 2.25. The zero-order valence-corrected chi connectivity index (χ0v) is 11.1. The second-order valence-electron chi connectivity index (χ2n) is 4.15. The smallest absolute Gasteiger partial charge is 0.255 e. The van der Waals surface area contributed by atoms with Gasteiger partial charge in [-0.1, -0.05) is 24.3 Å². The molecule has 2 aromatic carbocycles. The van der Waals surface area contributed by atoms with E-state index in [2.05, 4.69) is 5.32 Å². The number of rotatable bonds is 5. The molecule has 0 aliphatic carbocycles. The van der Waals surface area contributed by atoms with Crippen molar-refractivity contribution in [2.75, 3.05) is 27.4 Å². The van der Waals surface area contributed by atoms with Gasteiger partial charge in [0.25, 0.3) is 5.91 Å². The van der Waals surface area contributed by atoms with Gasteiger partial charge in [0.1, 0.15) is 5.75 Å². The van der Waals surface area contributed by atoms with Gasteiger partial charge < -0.3 is 14.8 Å². The Morgan fingerprint density at radius 1 is 1.16 bits per heavy atom. The molecule has 2 rings (SSSR count). The molecular formula is C15H17NO3. The lowest BCUT2D eigenvalue weighted by atomic mass is 10.1. The minimum atomic E-state index is -0.153. The third-order valence-electron chi connectivity index (χ3n) is 2.90. The Balaban J connectivity index is 2.32. The van der Waals surface area contributed by atoms with Gasteiger partial charge in [0.2, 0.25) is 0 Å². The van der Waals surface area contributed by atoms with Crippen molar-refractivity contribution in [3.05, 3.63) is 42.0 Å². The van der Waals surface area contributed by atoms with Gasteiger partial charge in [0, 0.05) is 13.7 Å². The summed E-state index contributed by atoms with van der Waals surface area (Å²) in [5.41, 5.74) is 0.539.